The van der Waals surface area contributed by atoms with Crippen molar-refractivity contribution < 1.29 is 13.5 Å². The van der Waals surface area contributed by atoms with E-state index in [4.69, 9.17) is 0 Å². The summed E-state index contributed by atoms with van der Waals surface area (Å²) in [4.78, 5) is 2.24. The Kier molecular flexibility index (Phi) is 7.93. The molecule has 0 aliphatic carbocycles. The second-order valence-electron chi connectivity index (χ2n) is 5.24. The number of nitrogens with zero attached hydrogens (tertiary/aromatic N) is 1. The number of hydrogen-bond donors (Lipinski definition) is 1. The van der Waals surface area contributed by atoms with Crippen LogP contribution in [0.5, 0.6) is 5.75 Å². The molecular weight excluding hydrogens is 298 g/mol. The first kappa shape index (κ1) is 18.1. The number of nitrogens with one attached hydrogen (secondary N) is 1. The minimum absolute atomic E-state index is 0. The fourth-order valence-corrected chi connectivity index (χ4v) is 2.68. The van der Waals surface area contributed by atoms with Crippen molar-refractivity contribution in [2.75, 3.05) is 20.1 Å². The second-order valence-corrected chi connectivity index (χ2v) is 5.24. The van der Waals surface area contributed by atoms with Crippen molar-refractivity contribution in [3.63, 3.8) is 0 Å². The number of rotatable bonds is 5. The van der Waals surface area contributed by atoms with Gasteiger partial charge in [-0.05, 0) is 45.5 Å². The Bertz CT molecular complexity index is 412. The lowest BCUT2D eigenvalue weighted by atomic mass is 10.1. The van der Waals surface area contributed by atoms with Crippen LogP contribution >= 0.6 is 12.4 Å². The molecule has 1 saturated heterocycles. The van der Waals surface area contributed by atoms with Gasteiger partial charge in [-0.25, -0.2) is 0 Å². The quantitative estimate of drug-likeness (QED) is 0.901. The molecule has 0 bridgehead atoms. The van der Waals surface area contributed by atoms with Crippen molar-refractivity contribution in [1.82, 2.24) is 10.2 Å². The Hall–Kier alpha value is -0.910. The van der Waals surface area contributed by atoms with Crippen molar-refractivity contribution in [1.29, 1.82) is 0 Å². The number of benzene rings is 1. The van der Waals surface area contributed by atoms with Gasteiger partial charge >= 0.3 is 6.61 Å². The zero-order valence-electron chi connectivity index (χ0n) is 12.2. The lowest BCUT2D eigenvalue weighted by Gasteiger charge is -2.27. The van der Waals surface area contributed by atoms with Gasteiger partial charge in [0.2, 0.25) is 0 Å². The zero-order valence-corrected chi connectivity index (χ0v) is 13.0. The summed E-state index contributed by atoms with van der Waals surface area (Å²) in [5, 5.41) is 3.38. The summed E-state index contributed by atoms with van der Waals surface area (Å²) in [5.41, 5.74) is 0.813. The molecule has 1 atom stereocenters. The molecule has 6 heteroatoms. The fraction of sp³-hybridized carbons (Fsp3) is 0.600. The molecule has 0 radical (unpaired) electrons. The molecule has 2 rings (SSSR count). The molecule has 1 fully saturated rings. The minimum Gasteiger partial charge on any atom is -0.434 e. The van der Waals surface area contributed by atoms with Crippen LogP contribution in [0.3, 0.4) is 0 Å². The van der Waals surface area contributed by atoms with E-state index in [-0.39, 0.29) is 18.2 Å². The minimum atomic E-state index is -2.77. The normalized spacial score (nSPS) is 19.2. The molecule has 1 aromatic rings. The Morgan fingerprint density at radius 3 is 2.81 bits per heavy atom. The first-order valence-corrected chi connectivity index (χ1v) is 7.10. The molecule has 1 aromatic carbocycles. The van der Waals surface area contributed by atoms with Crippen molar-refractivity contribution in [2.45, 2.75) is 38.5 Å². The van der Waals surface area contributed by atoms with Gasteiger partial charge in [0.15, 0.2) is 0 Å². The molecule has 120 valence electrons. The van der Waals surface area contributed by atoms with E-state index in [1.165, 1.54) is 0 Å². The van der Waals surface area contributed by atoms with E-state index in [9.17, 15) is 8.78 Å². The highest BCUT2D eigenvalue weighted by molar-refractivity contribution is 5.85. The highest BCUT2D eigenvalue weighted by Gasteiger charge is 2.18. The van der Waals surface area contributed by atoms with Crippen molar-refractivity contribution in [2.24, 2.45) is 0 Å². The molecule has 0 aromatic heterocycles. The van der Waals surface area contributed by atoms with E-state index in [0.717, 1.165) is 37.9 Å². The average Bonchev–Trinajstić information content (AvgIpc) is 2.69. The molecule has 21 heavy (non-hydrogen) atoms. The van der Waals surface area contributed by atoms with Gasteiger partial charge in [0.25, 0.3) is 0 Å². The molecule has 0 amide bonds. The number of alkyl halides is 2. The Morgan fingerprint density at radius 2 is 2.05 bits per heavy atom. The maximum absolute atomic E-state index is 12.4. The van der Waals surface area contributed by atoms with Crippen LogP contribution in [-0.4, -0.2) is 37.7 Å². The third kappa shape index (κ3) is 5.77. The first-order valence-electron chi connectivity index (χ1n) is 7.10. The largest absolute Gasteiger partial charge is 0.434 e. The summed E-state index contributed by atoms with van der Waals surface area (Å²) in [7, 11) is 2.05. The fourth-order valence-electron chi connectivity index (χ4n) is 2.68. The molecule has 1 N–H and O–H groups in total. The molecule has 1 aliphatic rings. The maximum atomic E-state index is 12.4. The number of para-hydroxylation sites is 1. The van der Waals surface area contributed by atoms with Crippen LogP contribution in [0.1, 0.15) is 24.8 Å². The van der Waals surface area contributed by atoms with E-state index >= 15 is 0 Å². The molecule has 1 unspecified atom stereocenters. The van der Waals surface area contributed by atoms with E-state index in [2.05, 4.69) is 22.0 Å². The smallest absolute Gasteiger partial charge is 0.387 e. The average molecular weight is 321 g/mol. The summed E-state index contributed by atoms with van der Waals surface area (Å²) < 4.78 is 29.4. The number of ether oxygens (including phenoxy) is 1. The summed E-state index contributed by atoms with van der Waals surface area (Å²) >= 11 is 0. The second kappa shape index (κ2) is 9.18. The van der Waals surface area contributed by atoms with E-state index < -0.39 is 6.61 Å². The van der Waals surface area contributed by atoms with Gasteiger partial charge in [-0.15, -0.1) is 12.4 Å². The summed E-state index contributed by atoms with van der Waals surface area (Å²) in [5.74, 6) is 0.279. The Labute approximate surface area is 131 Å². The van der Waals surface area contributed by atoms with Crippen LogP contribution in [0.25, 0.3) is 0 Å². The molecule has 1 aliphatic heterocycles. The monoisotopic (exact) mass is 320 g/mol. The lowest BCUT2D eigenvalue weighted by Crippen LogP contribution is -2.32. The maximum Gasteiger partial charge on any atom is 0.387 e. The van der Waals surface area contributed by atoms with Gasteiger partial charge in [0, 0.05) is 18.2 Å². The molecule has 3 nitrogen and oxygen atoms in total. The summed E-state index contributed by atoms with van der Waals surface area (Å²) in [6.07, 6.45) is 3.39. The number of hydrogen-bond acceptors (Lipinski definition) is 3. The van der Waals surface area contributed by atoms with Crippen LogP contribution in [-0.2, 0) is 6.54 Å². The van der Waals surface area contributed by atoms with Crippen LogP contribution in [0, 0.1) is 0 Å². The van der Waals surface area contributed by atoms with E-state index in [1.807, 2.05) is 12.1 Å². The third-order valence-electron chi connectivity index (χ3n) is 3.78. The highest BCUT2D eigenvalue weighted by atomic mass is 35.5. The molecule has 0 spiro atoms. The first-order chi connectivity index (χ1) is 9.66. The Morgan fingerprint density at radius 1 is 1.29 bits per heavy atom. The van der Waals surface area contributed by atoms with Crippen molar-refractivity contribution in [3.8, 4) is 5.75 Å². The van der Waals surface area contributed by atoms with Gasteiger partial charge < -0.3 is 10.1 Å². The van der Waals surface area contributed by atoms with Gasteiger partial charge in [0.05, 0.1) is 0 Å². The van der Waals surface area contributed by atoms with Gasteiger partial charge in [0.1, 0.15) is 5.75 Å². The van der Waals surface area contributed by atoms with Crippen molar-refractivity contribution >= 4 is 12.4 Å². The van der Waals surface area contributed by atoms with Crippen LogP contribution in [0.2, 0.25) is 0 Å². The van der Waals surface area contributed by atoms with E-state index in [1.54, 1.807) is 12.1 Å². The third-order valence-corrected chi connectivity index (χ3v) is 3.78. The highest BCUT2D eigenvalue weighted by Crippen LogP contribution is 2.23. The summed E-state index contributed by atoms with van der Waals surface area (Å²) in [6, 6.07) is 7.52. The summed E-state index contributed by atoms with van der Waals surface area (Å²) in [6.45, 7) is -0.0591. The predicted molar refractivity (Wildman–Crippen MR) is 82.3 cm³/mol. The SMILES string of the molecule is CN(Cc1ccccc1OC(F)F)C1CCCNCC1.Cl. The molecule has 0 saturated carbocycles. The molecular formula is C15H23ClF2N2O. The van der Waals surface area contributed by atoms with Gasteiger partial charge in [-0.3, -0.25) is 4.90 Å². The van der Waals surface area contributed by atoms with Gasteiger partial charge in [-0.2, -0.15) is 8.78 Å². The number of halogens is 3. The standard InChI is InChI=1S/C15H22F2N2O.ClH/c1-19(13-6-4-9-18-10-8-13)11-12-5-2-3-7-14(12)20-15(16)17;/h2-3,5,7,13,15,18H,4,6,8-11H2,1H3;1H. The zero-order chi connectivity index (χ0) is 14.4. The van der Waals surface area contributed by atoms with Crippen LogP contribution < -0.4 is 10.1 Å². The lowest BCUT2D eigenvalue weighted by molar-refractivity contribution is -0.0508. The predicted octanol–water partition coefficient (Wildman–Crippen LogP) is 3.28. The van der Waals surface area contributed by atoms with Crippen molar-refractivity contribution in [3.05, 3.63) is 29.8 Å². The van der Waals surface area contributed by atoms with Crippen LogP contribution in [0.15, 0.2) is 24.3 Å². The Balaban J connectivity index is 0.00000220. The van der Waals surface area contributed by atoms with Crippen LogP contribution in [0.4, 0.5) is 8.78 Å². The van der Waals surface area contributed by atoms with E-state index in [0.29, 0.717) is 12.6 Å². The topological polar surface area (TPSA) is 24.5 Å². The molecule has 1 heterocycles. The van der Waals surface area contributed by atoms with Gasteiger partial charge in [-0.1, -0.05) is 18.2 Å².